The Balaban J connectivity index is 1.47. The molecule has 5 rings (SSSR count). The third-order valence-corrected chi connectivity index (χ3v) is 5.74. The number of furan rings is 1. The molecule has 2 heterocycles. The first-order chi connectivity index (χ1) is 12.3. The summed E-state index contributed by atoms with van der Waals surface area (Å²) in [7, 11) is 0. The maximum absolute atomic E-state index is 12.8. The fourth-order valence-corrected chi connectivity index (χ4v) is 4.46. The van der Waals surface area contributed by atoms with Gasteiger partial charge in [-0.15, -0.1) is 0 Å². The second-order valence-corrected chi connectivity index (χ2v) is 7.20. The molecule has 1 N–H and O–H groups in total. The van der Waals surface area contributed by atoms with E-state index in [4.69, 9.17) is 4.42 Å². The van der Waals surface area contributed by atoms with Crippen molar-refractivity contribution in [2.24, 2.45) is 17.8 Å². The number of hydrogen-bond acceptors (Lipinski definition) is 3. The molecule has 4 nitrogen and oxygen atoms in total. The molecule has 25 heavy (non-hydrogen) atoms. The lowest BCUT2D eigenvalue weighted by Gasteiger charge is -2.17. The van der Waals surface area contributed by atoms with Crippen molar-refractivity contribution >= 4 is 16.9 Å². The number of aromatic nitrogens is 1. The zero-order valence-corrected chi connectivity index (χ0v) is 13.9. The second-order valence-electron chi connectivity index (χ2n) is 7.20. The van der Waals surface area contributed by atoms with Gasteiger partial charge in [0.2, 0.25) is 5.91 Å². The number of nitrogens with one attached hydrogen (secondary N) is 1. The average molecular weight is 332 g/mol. The number of pyridine rings is 1. The molecular weight excluding hydrogens is 312 g/mol. The van der Waals surface area contributed by atoms with Crippen LogP contribution in [0.5, 0.6) is 0 Å². The summed E-state index contributed by atoms with van der Waals surface area (Å²) in [4.78, 5) is 17.0. The van der Waals surface area contributed by atoms with E-state index < -0.39 is 0 Å². The number of amides is 1. The van der Waals surface area contributed by atoms with Crippen molar-refractivity contribution in [3.8, 4) is 0 Å². The van der Waals surface area contributed by atoms with E-state index in [1.807, 2.05) is 42.5 Å². The summed E-state index contributed by atoms with van der Waals surface area (Å²) in [5.41, 5.74) is 1.78. The Morgan fingerprint density at radius 2 is 2.00 bits per heavy atom. The predicted octanol–water partition coefficient (Wildman–Crippen LogP) is 4.08. The molecule has 2 aromatic heterocycles. The van der Waals surface area contributed by atoms with Gasteiger partial charge in [-0.3, -0.25) is 9.78 Å². The van der Waals surface area contributed by atoms with Gasteiger partial charge in [0.1, 0.15) is 17.4 Å². The van der Waals surface area contributed by atoms with E-state index in [0.29, 0.717) is 11.8 Å². The molecular formula is C21H20N2O2. The van der Waals surface area contributed by atoms with E-state index in [9.17, 15) is 4.79 Å². The molecule has 2 aliphatic carbocycles. The first-order valence-electron chi connectivity index (χ1n) is 9.00. The van der Waals surface area contributed by atoms with Gasteiger partial charge in [0.15, 0.2) is 0 Å². The summed E-state index contributed by atoms with van der Waals surface area (Å²) in [5, 5.41) is 4.27. The van der Waals surface area contributed by atoms with Crippen LogP contribution in [0.4, 0.5) is 0 Å². The van der Waals surface area contributed by atoms with Crippen LogP contribution in [0.2, 0.25) is 0 Å². The quantitative estimate of drug-likeness (QED) is 0.783. The number of para-hydroxylation sites is 1. The lowest BCUT2D eigenvalue weighted by atomic mass is 10.0. The smallest absolute Gasteiger partial charge is 0.224 e. The first-order valence-corrected chi connectivity index (χ1v) is 9.00. The van der Waals surface area contributed by atoms with Crippen molar-refractivity contribution < 1.29 is 9.21 Å². The highest BCUT2D eigenvalue weighted by Gasteiger charge is 2.56. The summed E-state index contributed by atoms with van der Waals surface area (Å²) in [6.07, 6.45) is 7.21. The zero-order chi connectivity index (χ0) is 16.8. The topological polar surface area (TPSA) is 55.1 Å². The molecule has 1 unspecified atom stereocenters. The lowest BCUT2D eigenvalue weighted by Crippen LogP contribution is -2.31. The second kappa shape index (κ2) is 5.73. The Morgan fingerprint density at radius 1 is 1.16 bits per heavy atom. The molecule has 3 aromatic rings. The van der Waals surface area contributed by atoms with Crippen molar-refractivity contribution in [2.75, 3.05) is 0 Å². The maximum atomic E-state index is 12.8. The molecule has 126 valence electrons. The van der Waals surface area contributed by atoms with Crippen molar-refractivity contribution in [3.05, 3.63) is 66.2 Å². The van der Waals surface area contributed by atoms with Gasteiger partial charge in [-0.05, 0) is 42.9 Å². The summed E-state index contributed by atoms with van der Waals surface area (Å²) in [6, 6.07) is 13.5. The normalized spacial score (nSPS) is 25.5. The number of nitrogens with zero attached hydrogens (tertiary/aromatic N) is 1. The van der Waals surface area contributed by atoms with Crippen LogP contribution in [0, 0.1) is 17.8 Å². The third kappa shape index (κ3) is 2.53. The fraction of sp³-hybridized carbons (Fsp3) is 0.333. The van der Waals surface area contributed by atoms with Crippen LogP contribution >= 0.6 is 0 Å². The number of hydrogen-bond donors (Lipinski definition) is 1. The van der Waals surface area contributed by atoms with Crippen molar-refractivity contribution in [2.45, 2.75) is 25.3 Å². The lowest BCUT2D eigenvalue weighted by molar-refractivity contribution is -0.123. The van der Waals surface area contributed by atoms with Gasteiger partial charge in [-0.2, -0.15) is 0 Å². The maximum Gasteiger partial charge on any atom is 0.224 e. The highest BCUT2D eigenvalue weighted by Crippen LogP contribution is 2.57. The summed E-state index contributed by atoms with van der Waals surface area (Å²) in [6.45, 7) is 0. The van der Waals surface area contributed by atoms with Crippen LogP contribution in [-0.2, 0) is 4.79 Å². The molecule has 4 heteroatoms. The van der Waals surface area contributed by atoms with Crippen molar-refractivity contribution in [1.82, 2.24) is 10.3 Å². The fourth-order valence-electron chi connectivity index (χ4n) is 4.46. The summed E-state index contributed by atoms with van der Waals surface area (Å²) >= 11 is 0. The van der Waals surface area contributed by atoms with Gasteiger partial charge in [-0.25, -0.2) is 0 Å². The third-order valence-electron chi connectivity index (χ3n) is 5.74. The van der Waals surface area contributed by atoms with Gasteiger partial charge >= 0.3 is 0 Å². The predicted molar refractivity (Wildman–Crippen MR) is 94.8 cm³/mol. The molecule has 2 aliphatic rings. The number of rotatable bonds is 4. The molecule has 1 amide bonds. The van der Waals surface area contributed by atoms with Gasteiger partial charge in [-0.1, -0.05) is 30.7 Å². The molecule has 2 fully saturated rings. The molecule has 4 atom stereocenters. The van der Waals surface area contributed by atoms with Crippen LogP contribution in [0.3, 0.4) is 0 Å². The van der Waals surface area contributed by atoms with E-state index >= 15 is 0 Å². The van der Waals surface area contributed by atoms with Gasteiger partial charge in [0.25, 0.3) is 0 Å². The van der Waals surface area contributed by atoms with Crippen LogP contribution in [0.25, 0.3) is 11.0 Å². The Labute approximate surface area is 146 Å². The van der Waals surface area contributed by atoms with Gasteiger partial charge in [0, 0.05) is 29.3 Å². The minimum atomic E-state index is -0.296. The van der Waals surface area contributed by atoms with Crippen molar-refractivity contribution in [1.29, 1.82) is 0 Å². The largest absolute Gasteiger partial charge is 0.459 e. The van der Waals surface area contributed by atoms with E-state index in [2.05, 4.69) is 10.3 Å². The first kappa shape index (κ1) is 14.7. The molecule has 1 aromatic carbocycles. The van der Waals surface area contributed by atoms with Crippen LogP contribution in [-0.4, -0.2) is 10.9 Å². The van der Waals surface area contributed by atoms with E-state index in [1.54, 1.807) is 12.4 Å². The summed E-state index contributed by atoms with van der Waals surface area (Å²) in [5.74, 6) is 2.31. The minimum Gasteiger partial charge on any atom is -0.459 e. The van der Waals surface area contributed by atoms with Crippen LogP contribution < -0.4 is 5.32 Å². The van der Waals surface area contributed by atoms with Gasteiger partial charge < -0.3 is 9.73 Å². The standard InChI is InChI=1S/C21H20N2O2/c24-21(19-15-7-3-8-16(15)19)23-20(14-6-4-10-22-12-14)18-11-13-5-1-2-9-17(13)25-18/h1-2,4-6,9-12,15-16,19-20H,3,7-8H2,(H,23,24)/t15-,16+,19?,20-/m1/s1. The van der Waals surface area contributed by atoms with E-state index in [0.717, 1.165) is 22.3 Å². The minimum absolute atomic E-state index is 0.156. The van der Waals surface area contributed by atoms with Crippen LogP contribution in [0.1, 0.15) is 36.6 Å². The van der Waals surface area contributed by atoms with E-state index in [1.165, 1.54) is 19.3 Å². The van der Waals surface area contributed by atoms with E-state index in [-0.39, 0.29) is 17.9 Å². The monoisotopic (exact) mass is 332 g/mol. The molecule has 2 saturated carbocycles. The molecule has 0 aliphatic heterocycles. The molecule has 0 saturated heterocycles. The number of benzene rings is 1. The highest BCUT2D eigenvalue weighted by atomic mass is 16.3. The number of carbonyl (C=O) groups is 1. The Morgan fingerprint density at radius 3 is 2.76 bits per heavy atom. The average Bonchev–Trinajstić information content (AvgIpc) is 3.01. The van der Waals surface area contributed by atoms with Crippen LogP contribution in [0.15, 0.2) is 59.3 Å². The summed E-state index contributed by atoms with van der Waals surface area (Å²) < 4.78 is 6.04. The van der Waals surface area contributed by atoms with Crippen molar-refractivity contribution in [3.63, 3.8) is 0 Å². The highest BCUT2D eigenvalue weighted by molar-refractivity contribution is 5.84. The van der Waals surface area contributed by atoms with Gasteiger partial charge in [0.05, 0.1) is 0 Å². The Hall–Kier alpha value is -2.62. The number of fused-ring (bicyclic) bond motifs is 2. The SMILES string of the molecule is O=C(N[C@H](c1cccnc1)c1cc2ccccc2o1)C1[C@H]2CCC[C@@H]12. The molecule has 0 spiro atoms. The Bertz CT molecular complexity index is 875. The molecule has 0 radical (unpaired) electrons. The number of carbonyl (C=O) groups excluding carboxylic acids is 1. The zero-order valence-electron chi connectivity index (χ0n) is 13.9. The Kier molecular flexibility index (Phi) is 3.37. The molecule has 0 bridgehead atoms.